The first-order valence-electron chi connectivity index (χ1n) is 8.46. The van der Waals surface area contributed by atoms with E-state index in [-0.39, 0.29) is 23.1 Å². The zero-order valence-electron chi connectivity index (χ0n) is 14.7. The minimum absolute atomic E-state index is 0.0308. The molecule has 0 aliphatic carbocycles. The number of carbonyl (C=O) groups is 1. The third-order valence-electron chi connectivity index (χ3n) is 4.14. The van der Waals surface area contributed by atoms with Crippen LogP contribution in [0.5, 0.6) is 5.75 Å². The number of hydrogen-bond acceptors (Lipinski definition) is 6. The Morgan fingerprint density at radius 3 is 2.68 bits per heavy atom. The first kappa shape index (κ1) is 19.5. The molecule has 144 valence electrons. The Labute approximate surface area is 180 Å². The number of rotatable bonds is 5. The molecule has 5 nitrogen and oxygen atoms in total. The van der Waals surface area contributed by atoms with Gasteiger partial charge < -0.3 is 4.74 Å². The molecule has 2 unspecified atom stereocenters. The summed E-state index contributed by atoms with van der Waals surface area (Å²) in [7, 11) is 0. The zero-order chi connectivity index (χ0) is 19.7. The van der Waals surface area contributed by atoms with E-state index in [2.05, 4.69) is 10.2 Å². The molecule has 3 aromatic rings. The second kappa shape index (κ2) is 8.29. The van der Waals surface area contributed by atoms with Crippen molar-refractivity contribution in [2.75, 3.05) is 4.90 Å². The van der Waals surface area contributed by atoms with Crippen LogP contribution < -0.4 is 9.64 Å². The lowest BCUT2D eigenvalue weighted by Gasteiger charge is -2.20. The van der Waals surface area contributed by atoms with Crippen LogP contribution in [0, 0.1) is 0 Å². The number of hydrogen-bond donors (Lipinski definition) is 0. The Morgan fingerprint density at radius 1 is 1.14 bits per heavy atom. The molecule has 1 aliphatic rings. The molecule has 2 atom stereocenters. The number of anilines is 1. The van der Waals surface area contributed by atoms with Crippen LogP contribution in [-0.4, -0.2) is 21.4 Å². The van der Waals surface area contributed by atoms with E-state index in [4.69, 9.17) is 27.9 Å². The summed E-state index contributed by atoms with van der Waals surface area (Å²) in [5, 5.41) is 10.4. The van der Waals surface area contributed by atoms with Gasteiger partial charge in [0.15, 0.2) is 5.01 Å². The lowest BCUT2D eigenvalue weighted by atomic mass is 10.2. The third kappa shape index (κ3) is 3.98. The Bertz CT molecular complexity index is 1000. The van der Waals surface area contributed by atoms with Gasteiger partial charge in [-0.3, -0.25) is 9.69 Å². The van der Waals surface area contributed by atoms with Gasteiger partial charge in [-0.25, -0.2) is 0 Å². The van der Waals surface area contributed by atoms with Crippen LogP contribution in [0.4, 0.5) is 5.13 Å². The van der Waals surface area contributed by atoms with Gasteiger partial charge in [-0.05, 0) is 30.7 Å². The number of amides is 1. The highest BCUT2D eigenvalue weighted by molar-refractivity contribution is 8.01. The topological polar surface area (TPSA) is 55.3 Å². The van der Waals surface area contributed by atoms with Crippen LogP contribution in [-0.2, 0) is 11.4 Å². The molecule has 0 bridgehead atoms. The van der Waals surface area contributed by atoms with Crippen LogP contribution in [0.25, 0.3) is 0 Å². The van der Waals surface area contributed by atoms with Crippen molar-refractivity contribution in [2.45, 2.75) is 24.2 Å². The summed E-state index contributed by atoms with van der Waals surface area (Å²) in [5.74, 6) is 0.551. The van der Waals surface area contributed by atoms with Gasteiger partial charge in [0, 0.05) is 5.02 Å². The molecule has 1 saturated heterocycles. The standard InChI is InChI=1S/C19H15Cl2N3O2S2/c1-11-17(25)24(18(27-11)12-5-3-2-4-6-12)19-23-22-16(28-19)10-26-15-8-7-13(20)9-14(15)21/h2-9,11,18H,10H2,1H3. The van der Waals surface area contributed by atoms with Crippen molar-refractivity contribution < 1.29 is 9.53 Å². The predicted octanol–water partition coefficient (Wildman–Crippen LogP) is 5.59. The SMILES string of the molecule is CC1SC(c2ccccc2)N(c2nnc(COc3ccc(Cl)cc3Cl)s2)C1=O. The molecule has 9 heteroatoms. The largest absolute Gasteiger partial charge is 0.485 e. The molecular formula is C19H15Cl2N3O2S2. The number of nitrogens with zero attached hydrogens (tertiary/aromatic N) is 3. The van der Waals surface area contributed by atoms with Gasteiger partial charge in [-0.15, -0.1) is 22.0 Å². The number of halogens is 2. The van der Waals surface area contributed by atoms with E-state index >= 15 is 0 Å². The molecule has 0 N–H and O–H groups in total. The first-order valence-corrected chi connectivity index (χ1v) is 11.0. The van der Waals surface area contributed by atoms with Crippen molar-refractivity contribution in [2.24, 2.45) is 0 Å². The molecule has 28 heavy (non-hydrogen) atoms. The maximum absolute atomic E-state index is 12.7. The molecule has 1 fully saturated rings. The van der Waals surface area contributed by atoms with E-state index in [9.17, 15) is 4.79 Å². The van der Waals surface area contributed by atoms with Crippen LogP contribution in [0.1, 0.15) is 22.9 Å². The smallest absolute Gasteiger partial charge is 0.242 e. The van der Waals surface area contributed by atoms with Crippen LogP contribution in [0.3, 0.4) is 0 Å². The zero-order valence-corrected chi connectivity index (χ0v) is 17.9. The minimum Gasteiger partial charge on any atom is -0.485 e. The van der Waals surface area contributed by atoms with Gasteiger partial charge in [-0.1, -0.05) is 64.9 Å². The highest BCUT2D eigenvalue weighted by Crippen LogP contribution is 2.46. The number of aromatic nitrogens is 2. The summed E-state index contributed by atoms with van der Waals surface area (Å²) in [5.41, 5.74) is 1.06. The highest BCUT2D eigenvalue weighted by atomic mass is 35.5. The van der Waals surface area contributed by atoms with Crippen molar-refractivity contribution in [3.63, 3.8) is 0 Å². The molecule has 1 amide bonds. The molecule has 4 rings (SSSR count). The maximum atomic E-state index is 12.7. The minimum atomic E-state index is -0.137. The third-order valence-corrected chi connectivity index (χ3v) is 6.92. The number of ether oxygens (including phenoxy) is 1. The van der Waals surface area contributed by atoms with E-state index in [0.717, 1.165) is 5.56 Å². The van der Waals surface area contributed by atoms with Crippen LogP contribution in [0.15, 0.2) is 48.5 Å². The fourth-order valence-corrected chi connectivity index (χ4v) is 5.37. The van der Waals surface area contributed by atoms with Crippen LogP contribution >= 0.6 is 46.3 Å². The number of benzene rings is 2. The van der Waals surface area contributed by atoms with Crippen molar-refractivity contribution >= 4 is 57.3 Å². The Morgan fingerprint density at radius 2 is 1.93 bits per heavy atom. The van der Waals surface area contributed by atoms with Gasteiger partial charge >= 0.3 is 0 Å². The summed E-state index contributed by atoms with van der Waals surface area (Å²) in [6.07, 6.45) is 0. The molecule has 0 spiro atoms. The summed E-state index contributed by atoms with van der Waals surface area (Å²) in [4.78, 5) is 14.5. The normalized spacial score (nSPS) is 19.2. The van der Waals surface area contributed by atoms with Gasteiger partial charge in [-0.2, -0.15) is 0 Å². The molecular weight excluding hydrogens is 437 g/mol. The van der Waals surface area contributed by atoms with Gasteiger partial charge in [0.05, 0.1) is 10.3 Å². The highest BCUT2D eigenvalue weighted by Gasteiger charge is 2.41. The van der Waals surface area contributed by atoms with E-state index < -0.39 is 0 Å². The summed E-state index contributed by atoms with van der Waals surface area (Å²) >= 11 is 15.0. The van der Waals surface area contributed by atoms with E-state index in [1.54, 1.807) is 34.9 Å². The van der Waals surface area contributed by atoms with Crippen molar-refractivity contribution in [1.82, 2.24) is 10.2 Å². The molecule has 1 aromatic heterocycles. The Hall–Kier alpha value is -1.80. The van der Waals surface area contributed by atoms with Crippen molar-refractivity contribution in [3.05, 3.63) is 69.1 Å². The number of thioether (sulfide) groups is 1. The van der Waals surface area contributed by atoms with Gasteiger partial charge in [0.1, 0.15) is 17.7 Å². The molecule has 1 aliphatic heterocycles. The molecule has 2 aromatic carbocycles. The van der Waals surface area contributed by atoms with Crippen molar-refractivity contribution in [1.29, 1.82) is 0 Å². The van der Waals surface area contributed by atoms with E-state index in [1.165, 1.54) is 11.3 Å². The lowest BCUT2D eigenvalue weighted by Crippen LogP contribution is -2.30. The summed E-state index contributed by atoms with van der Waals surface area (Å²) in [6, 6.07) is 15.0. The van der Waals surface area contributed by atoms with Crippen LogP contribution in [0.2, 0.25) is 10.0 Å². The fraction of sp³-hybridized carbons (Fsp3) is 0.211. The second-order valence-corrected chi connectivity index (χ2v) is 9.40. The fourth-order valence-electron chi connectivity index (χ4n) is 2.80. The maximum Gasteiger partial charge on any atom is 0.242 e. The second-order valence-electron chi connectivity index (χ2n) is 6.09. The molecule has 0 saturated carbocycles. The predicted molar refractivity (Wildman–Crippen MR) is 114 cm³/mol. The quantitative estimate of drug-likeness (QED) is 0.505. The summed E-state index contributed by atoms with van der Waals surface area (Å²) < 4.78 is 5.72. The summed E-state index contributed by atoms with van der Waals surface area (Å²) in [6.45, 7) is 2.12. The lowest BCUT2D eigenvalue weighted by molar-refractivity contribution is -0.117. The Kier molecular flexibility index (Phi) is 5.78. The molecule has 2 heterocycles. The van der Waals surface area contributed by atoms with Gasteiger partial charge in [0.2, 0.25) is 11.0 Å². The average Bonchev–Trinajstić information content (AvgIpc) is 3.26. The number of carbonyl (C=O) groups excluding carboxylic acids is 1. The molecule has 0 radical (unpaired) electrons. The van der Waals surface area contributed by atoms with Crippen molar-refractivity contribution in [3.8, 4) is 5.75 Å². The monoisotopic (exact) mass is 451 g/mol. The van der Waals surface area contributed by atoms with E-state index in [0.29, 0.717) is 25.9 Å². The average molecular weight is 452 g/mol. The Balaban J connectivity index is 1.53. The van der Waals surface area contributed by atoms with Gasteiger partial charge in [0.25, 0.3) is 0 Å². The first-order chi connectivity index (χ1) is 13.5. The van der Waals surface area contributed by atoms with E-state index in [1.807, 2.05) is 37.3 Å².